The minimum Gasteiger partial charge on any atom is -0.478 e. The van der Waals surface area contributed by atoms with Crippen molar-refractivity contribution >= 4 is 35.2 Å². The van der Waals surface area contributed by atoms with Gasteiger partial charge >= 0.3 is 5.97 Å². The number of carbonyl (C=O) groups is 2. The smallest absolute Gasteiger partial charge is 0.328 e. The molecule has 0 atom stereocenters. The number of nitrogens with one attached hydrogen (secondary N) is 1. The zero-order valence-corrected chi connectivity index (χ0v) is 10.7. The van der Waals surface area contributed by atoms with Crippen LogP contribution in [-0.2, 0) is 9.59 Å². The highest BCUT2D eigenvalue weighted by Crippen LogP contribution is 2.22. The molecule has 4 nitrogen and oxygen atoms in total. The molecule has 1 aromatic rings. The third kappa shape index (κ3) is 4.59. The summed E-state index contributed by atoms with van der Waals surface area (Å²) < 4.78 is 0. The van der Waals surface area contributed by atoms with E-state index in [0.29, 0.717) is 22.7 Å². The van der Waals surface area contributed by atoms with Gasteiger partial charge in [0.15, 0.2) is 0 Å². The van der Waals surface area contributed by atoms with Gasteiger partial charge in [-0.3, -0.25) is 4.79 Å². The maximum Gasteiger partial charge on any atom is 0.328 e. The van der Waals surface area contributed by atoms with Crippen LogP contribution in [0.3, 0.4) is 0 Å². The van der Waals surface area contributed by atoms with E-state index in [9.17, 15) is 9.59 Å². The lowest BCUT2D eigenvalue weighted by atomic mass is 10.1. The second-order valence-corrected chi connectivity index (χ2v) is 4.14. The van der Waals surface area contributed by atoms with Crippen LogP contribution in [0.4, 0.5) is 5.69 Å². The Morgan fingerprint density at radius 1 is 1.44 bits per heavy atom. The monoisotopic (exact) mass is 267 g/mol. The van der Waals surface area contributed by atoms with E-state index in [2.05, 4.69) is 5.32 Å². The number of carboxylic acids is 1. The third-order valence-electron chi connectivity index (χ3n) is 2.17. The fraction of sp³-hybridized carbons (Fsp3) is 0.231. The molecule has 0 aliphatic rings. The van der Waals surface area contributed by atoms with E-state index in [1.54, 1.807) is 18.2 Å². The molecule has 0 fully saturated rings. The van der Waals surface area contributed by atoms with Crippen molar-refractivity contribution in [3.63, 3.8) is 0 Å². The highest BCUT2D eigenvalue weighted by Gasteiger charge is 2.05. The topological polar surface area (TPSA) is 66.4 Å². The first kappa shape index (κ1) is 14.3. The largest absolute Gasteiger partial charge is 0.478 e. The molecule has 0 aliphatic heterocycles. The lowest BCUT2D eigenvalue weighted by Gasteiger charge is -2.08. The van der Waals surface area contributed by atoms with Crippen molar-refractivity contribution in [2.24, 2.45) is 0 Å². The Labute approximate surface area is 110 Å². The summed E-state index contributed by atoms with van der Waals surface area (Å²) in [4.78, 5) is 22.0. The molecule has 1 rings (SSSR count). The fourth-order valence-electron chi connectivity index (χ4n) is 1.39. The lowest BCUT2D eigenvalue weighted by Crippen LogP contribution is -2.11. The molecule has 1 amide bonds. The number of carboxylic acid groups (broad SMARTS) is 1. The molecule has 0 spiro atoms. The first-order chi connectivity index (χ1) is 8.52. The summed E-state index contributed by atoms with van der Waals surface area (Å²) in [6, 6.07) is 4.89. The first-order valence-corrected chi connectivity index (χ1v) is 5.91. The van der Waals surface area contributed by atoms with Crippen LogP contribution in [0.25, 0.3) is 6.08 Å². The summed E-state index contributed by atoms with van der Waals surface area (Å²) in [6.07, 6.45) is 3.57. The Kier molecular flexibility index (Phi) is 5.39. The Balaban J connectivity index is 2.96. The minimum atomic E-state index is -1.05. The number of rotatable bonds is 5. The summed E-state index contributed by atoms with van der Waals surface area (Å²) in [7, 11) is 0. The summed E-state index contributed by atoms with van der Waals surface area (Å²) in [5.74, 6) is -1.16. The van der Waals surface area contributed by atoms with Crippen LogP contribution in [0.2, 0.25) is 5.02 Å². The summed E-state index contributed by atoms with van der Waals surface area (Å²) in [5.41, 5.74) is 1.12. The Morgan fingerprint density at radius 3 is 2.78 bits per heavy atom. The Hall–Kier alpha value is -1.81. The number of hydrogen-bond acceptors (Lipinski definition) is 2. The van der Waals surface area contributed by atoms with Crippen LogP contribution in [0, 0.1) is 0 Å². The predicted octanol–water partition coefficient (Wildman–Crippen LogP) is 3.18. The van der Waals surface area contributed by atoms with Gasteiger partial charge in [0.25, 0.3) is 0 Å². The van der Waals surface area contributed by atoms with Gasteiger partial charge in [0.1, 0.15) is 0 Å². The van der Waals surface area contributed by atoms with E-state index in [1.165, 1.54) is 6.08 Å². The van der Waals surface area contributed by atoms with Gasteiger partial charge in [0.05, 0.1) is 0 Å². The molecule has 0 heterocycles. The van der Waals surface area contributed by atoms with Crippen molar-refractivity contribution in [1.29, 1.82) is 0 Å². The highest BCUT2D eigenvalue weighted by atomic mass is 35.5. The third-order valence-corrected chi connectivity index (χ3v) is 2.41. The van der Waals surface area contributed by atoms with Gasteiger partial charge in [-0.15, -0.1) is 0 Å². The number of aliphatic carboxylic acids is 1. The predicted molar refractivity (Wildman–Crippen MR) is 71.7 cm³/mol. The second kappa shape index (κ2) is 6.81. The summed E-state index contributed by atoms with van der Waals surface area (Å²) >= 11 is 5.84. The zero-order valence-electron chi connectivity index (χ0n) is 9.94. The Bertz CT molecular complexity index is 483. The van der Waals surface area contributed by atoms with Gasteiger partial charge in [0, 0.05) is 23.2 Å². The van der Waals surface area contributed by atoms with Crippen LogP contribution in [0.5, 0.6) is 0 Å². The molecule has 0 radical (unpaired) electrons. The standard InChI is InChI=1S/C13H14ClNO3/c1-2-3-12(16)15-11-6-5-10(14)8-9(11)4-7-13(17)18/h4-8H,2-3H2,1H3,(H,15,16)(H,17,18). The molecule has 2 N–H and O–H groups in total. The average Bonchev–Trinajstić information content (AvgIpc) is 2.29. The number of amides is 1. The number of halogens is 1. The van der Waals surface area contributed by atoms with Crippen LogP contribution in [-0.4, -0.2) is 17.0 Å². The SMILES string of the molecule is CCCC(=O)Nc1ccc(Cl)cc1C=CC(=O)O. The molecule has 5 heteroatoms. The number of hydrogen-bond donors (Lipinski definition) is 2. The lowest BCUT2D eigenvalue weighted by molar-refractivity contribution is -0.131. The van der Waals surface area contributed by atoms with Gasteiger partial charge in [-0.25, -0.2) is 4.79 Å². The zero-order chi connectivity index (χ0) is 13.5. The molecule has 0 aromatic heterocycles. The van der Waals surface area contributed by atoms with Crippen LogP contribution < -0.4 is 5.32 Å². The van der Waals surface area contributed by atoms with Crippen molar-refractivity contribution in [2.45, 2.75) is 19.8 Å². The van der Waals surface area contributed by atoms with E-state index in [1.807, 2.05) is 6.92 Å². The average molecular weight is 268 g/mol. The van der Waals surface area contributed by atoms with Crippen LogP contribution in [0.15, 0.2) is 24.3 Å². The molecule has 0 aliphatic carbocycles. The summed E-state index contributed by atoms with van der Waals surface area (Å²) in [5, 5.41) is 11.8. The van der Waals surface area contributed by atoms with Crippen LogP contribution in [0.1, 0.15) is 25.3 Å². The van der Waals surface area contributed by atoms with Gasteiger partial charge in [-0.1, -0.05) is 18.5 Å². The number of carbonyl (C=O) groups excluding carboxylic acids is 1. The molecular weight excluding hydrogens is 254 g/mol. The maximum absolute atomic E-state index is 11.5. The molecule has 0 saturated carbocycles. The normalized spacial score (nSPS) is 10.6. The maximum atomic E-state index is 11.5. The van der Waals surface area contributed by atoms with E-state index in [-0.39, 0.29) is 5.91 Å². The number of benzene rings is 1. The van der Waals surface area contributed by atoms with Gasteiger partial charge in [-0.2, -0.15) is 0 Å². The second-order valence-electron chi connectivity index (χ2n) is 3.70. The van der Waals surface area contributed by atoms with E-state index >= 15 is 0 Å². The molecule has 0 unspecified atom stereocenters. The van der Waals surface area contributed by atoms with Gasteiger partial charge in [-0.05, 0) is 36.3 Å². The quantitative estimate of drug-likeness (QED) is 0.805. The number of anilines is 1. The molecule has 96 valence electrons. The van der Waals surface area contributed by atoms with Gasteiger partial charge in [0.2, 0.25) is 5.91 Å². The van der Waals surface area contributed by atoms with E-state index in [0.717, 1.165) is 12.5 Å². The fourth-order valence-corrected chi connectivity index (χ4v) is 1.57. The van der Waals surface area contributed by atoms with E-state index < -0.39 is 5.97 Å². The molecule has 0 saturated heterocycles. The van der Waals surface area contributed by atoms with Crippen molar-refractivity contribution < 1.29 is 14.7 Å². The minimum absolute atomic E-state index is 0.107. The molecule has 18 heavy (non-hydrogen) atoms. The van der Waals surface area contributed by atoms with E-state index in [4.69, 9.17) is 16.7 Å². The molecule has 0 bridgehead atoms. The highest BCUT2D eigenvalue weighted by molar-refractivity contribution is 6.30. The van der Waals surface area contributed by atoms with Crippen LogP contribution >= 0.6 is 11.6 Å². The molecule has 1 aromatic carbocycles. The molecular formula is C13H14ClNO3. The van der Waals surface area contributed by atoms with Crippen molar-refractivity contribution in [1.82, 2.24) is 0 Å². The Morgan fingerprint density at radius 2 is 2.17 bits per heavy atom. The summed E-state index contributed by atoms with van der Waals surface area (Å²) in [6.45, 7) is 1.91. The van der Waals surface area contributed by atoms with Crippen molar-refractivity contribution in [3.8, 4) is 0 Å². The van der Waals surface area contributed by atoms with Gasteiger partial charge < -0.3 is 10.4 Å². The van der Waals surface area contributed by atoms with Crippen molar-refractivity contribution in [3.05, 3.63) is 34.9 Å². The first-order valence-electron chi connectivity index (χ1n) is 5.53. The van der Waals surface area contributed by atoms with Crippen molar-refractivity contribution in [2.75, 3.05) is 5.32 Å².